The Balaban J connectivity index is 2.47. The lowest BCUT2D eigenvalue weighted by Crippen LogP contribution is -2.38. The first-order valence-corrected chi connectivity index (χ1v) is 5.86. The van der Waals surface area contributed by atoms with Gasteiger partial charge in [-0.1, -0.05) is 12.2 Å². The molecule has 1 rings (SSSR count). The van der Waals surface area contributed by atoms with E-state index in [2.05, 4.69) is 4.98 Å². The quantitative estimate of drug-likeness (QED) is 0.793. The van der Waals surface area contributed by atoms with Crippen LogP contribution in [-0.2, 0) is 11.2 Å². The Morgan fingerprint density at radius 3 is 2.65 bits per heavy atom. The molecule has 0 radical (unpaired) electrons. The number of nitrogens with two attached hydrogens (primary N) is 1. The second kappa shape index (κ2) is 6.30. The first-order valence-electron chi connectivity index (χ1n) is 5.45. The van der Waals surface area contributed by atoms with Crippen LogP contribution in [0.3, 0.4) is 0 Å². The van der Waals surface area contributed by atoms with Crippen LogP contribution < -0.4 is 5.73 Å². The lowest BCUT2D eigenvalue weighted by Gasteiger charge is -2.20. The molecule has 92 valence electrons. The molecule has 1 aromatic rings. The molecule has 0 fully saturated rings. The van der Waals surface area contributed by atoms with Crippen molar-refractivity contribution in [3.63, 3.8) is 0 Å². The summed E-state index contributed by atoms with van der Waals surface area (Å²) in [6, 6.07) is 3.88. The molecule has 1 aromatic heterocycles. The predicted octanol–water partition coefficient (Wildman–Crippen LogP) is 1.00. The summed E-state index contributed by atoms with van der Waals surface area (Å²) >= 11 is 4.81. The third-order valence-electron chi connectivity index (χ3n) is 2.66. The highest BCUT2D eigenvalue weighted by Crippen LogP contribution is 2.04. The molecule has 1 amide bonds. The van der Waals surface area contributed by atoms with Gasteiger partial charge in [0.05, 0.1) is 10.9 Å². The monoisotopic (exact) mass is 251 g/mol. The fourth-order valence-corrected chi connectivity index (χ4v) is 1.51. The van der Waals surface area contributed by atoms with Gasteiger partial charge in [0.25, 0.3) is 0 Å². The van der Waals surface area contributed by atoms with Crippen molar-refractivity contribution in [1.82, 2.24) is 9.88 Å². The predicted molar refractivity (Wildman–Crippen MR) is 71.5 cm³/mol. The summed E-state index contributed by atoms with van der Waals surface area (Å²) in [4.78, 5) is 17.7. The van der Waals surface area contributed by atoms with E-state index < -0.39 is 5.92 Å². The third-order valence-corrected chi connectivity index (χ3v) is 3.01. The zero-order valence-electron chi connectivity index (χ0n) is 10.1. The topological polar surface area (TPSA) is 59.2 Å². The average Bonchev–Trinajstić information content (AvgIpc) is 2.35. The number of thiocarbonyl (C=S) groups is 1. The molecule has 1 heterocycles. The number of carbonyl (C=O) groups excluding carboxylic acids is 1. The lowest BCUT2D eigenvalue weighted by molar-refractivity contribution is -0.131. The van der Waals surface area contributed by atoms with E-state index in [9.17, 15) is 4.79 Å². The van der Waals surface area contributed by atoms with Crippen molar-refractivity contribution in [3.05, 3.63) is 30.1 Å². The van der Waals surface area contributed by atoms with Crippen LogP contribution in [0.1, 0.15) is 12.5 Å². The van der Waals surface area contributed by atoms with E-state index in [4.69, 9.17) is 18.0 Å². The summed E-state index contributed by atoms with van der Waals surface area (Å²) in [5, 5.41) is 0. The number of rotatable bonds is 5. The molecule has 5 heteroatoms. The van der Waals surface area contributed by atoms with Gasteiger partial charge in [-0.2, -0.15) is 0 Å². The largest absolute Gasteiger partial charge is 0.393 e. The number of amides is 1. The summed E-state index contributed by atoms with van der Waals surface area (Å²) < 4.78 is 0. The number of likely N-dealkylation sites (N-methyl/N-ethyl adjacent to an activating group) is 1. The van der Waals surface area contributed by atoms with Crippen LogP contribution in [0, 0.1) is 5.92 Å². The molecule has 0 spiro atoms. The van der Waals surface area contributed by atoms with Gasteiger partial charge in [0.2, 0.25) is 5.91 Å². The molecular formula is C12H17N3OS. The molecule has 0 bridgehead atoms. The minimum Gasteiger partial charge on any atom is -0.393 e. The van der Waals surface area contributed by atoms with Crippen LogP contribution in [0.5, 0.6) is 0 Å². The van der Waals surface area contributed by atoms with Crippen LogP contribution in [0.25, 0.3) is 0 Å². The highest BCUT2D eigenvalue weighted by Gasteiger charge is 2.19. The van der Waals surface area contributed by atoms with Crippen LogP contribution in [-0.4, -0.2) is 34.4 Å². The van der Waals surface area contributed by atoms with E-state index in [1.165, 1.54) is 0 Å². The molecule has 2 N–H and O–H groups in total. The summed E-state index contributed by atoms with van der Waals surface area (Å²) in [5.74, 6) is -0.431. The standard InChI is InChI=1S/C12H17N3OS/c1-9(11(13)17)12(16)15(2)8-5-10-3-6-14-7-4-10/h3-4,6-7,9H,5,8H2,1-2H3,(H2,13,17). The molecule has 0 saturated carbocycles. The number of pyridine rings is 1. The van der Waals surface area contributed by atoms with Gasteiger partial charge in [-0.25, -0.2) is 0 Å². The van der Waals surface area contributed by atoms with E-state index in [1.807, 2.05) is 12.1 Å². The number of carbonyl (C=O) groups is 1. The third kappa shape index (κ3) is 4.11. The van der Waals surface area contributed by atoms with E-state index in [1.54, 1.807) is 31.3 Å². The van der Waals surface area contributed by atoms with Gasteiger partial charge in [0.1, 0.15) is 0 Å². The molecule has 0 aromatic carbocycles. The molecule has 4 nitrogen and oxygen atoms in total. The van der Waals surface area contributed by atoms with Crippen LogP contribution in [0.4, 0.5) is 0 Å². The maximum atomic E-state index is 11.9. The molecular weight excluding hydrogens is 234 g/mol. The van der Waals surface area contributed by atoms with Crippen molar-refractivity contribution < 1.29 is 4.79 Å². The Morgan fingerprint density at radius 2 is 2.12 bits per heavy atom. The SMILES string of the molecule is CC(C(=O)N(C)CCc1ccncc1)C(N)=S. The molecule has 0 saturated heterocycles. The Labute approximate surface area is 107 Å². The summed E-state index contributed by atoms with van der Waals surface area (Å²) in [5.41, 5.74) is 6.61. The zero-order valence-corrected chi connectivity index (χ0v) is 10.9. The number of nitrogens with zero attached hydrogens (tertiary/aromatic N) is 2. The highest BCUT2D eigenvalue weighted by molar-refractivity contribution is 7.80. The number of hydrogen-bond donors (Lipinski definition) is 1. The fourth-order valence-electron chi connectivity index (χ4n) is 1.41. The van der Waals surface area contributed by atoms with Gasteiger partial charge in [0, 0.05) is 26.0 Å². The van der Waals surface area contributed by atoms with Gasteiger partial charge >= 0.3 is 0 Å². The van der Waals surface area contributed by atoms with Crippen molar-refractivity contribution in [3.8, 4) is 0 Å². The van der Waals surface area contributed by atoms with Crippen LogP contribution >= 0.6 is 12.2 Å². The zero-order chi connectivity index (χ0) is 12.8. The van der Waals surface area contributed by atoms with E-state index in [-0.39, 0.29) is 10.9 Å². The number of hydrogen-bond acceptors (Lipinski definition) is 3. The Bertz CT molecular complexity index is 394. The average molecular weight is 251 g/mol. The van der Waals surface area contributed by atoms with Gasteiger partial charge < -0.3 is 10.6 Å². The van der Waals surface area contributed by atoms with Crippen molar-refractivity contribution in [2.45, 2.75) is 13.3 Å². The Hall–Kier alpha value is -1.49. The van der Waals surface area contributed by atoms with E-state index in [0.29, 0.717) is 6.54 Å². The Kier molecular flexibility index (Phi) is 5.03. The summed E-state index contributed by atoms with van der Waals surface area (Å²) in [6.45, 7) is 2.38. The van der Waals surface area contributed by atoms with Crippen molar-refractivity contribution in [1.29, 1.82) is 0 Å². The Morgan fingerprint density at radius 1 is 1.53 bits per heavy atom. The molecule has 0 aliphatic rings. The molecule has 17 heavy (non-hydrogen) atoms. The fraction of sp³-hybridized carbons (Fsp3) is 0.417. The molecule has 0 aliphatic heterocycles. The van der Waals surface area contributed by atoms with Gasteiger partial charge in [0.15, 0.2) is 0 Å². The minimum atomic E-state index is -0.396. The van der Waals surface area contributed by atoms with Crippen LogP contribution in [0.15, 0.2) is 24.5 Å². The first kappa shape index (κ1) is 13.6. The molecule has 1 atom stereocenters. The summed E-state index contributed by atoms with van der Waals surface area (Å²) in [7, 11) is 1.76. The van der Waals surface area contributed by atoms with Crippen LogP contribution in [0.2, 0.25) is 0 Å². The normalized spacial score (nSPS) is 11.9. The minimum absolute atomic E-state index is 0.0356. The molecule has 0 aliphatic carbocycles. The van der Waals surface area contributed by atoms with Gasteiger partial charge in [-0.05, 0) is 31.0 Å². The maximum Gasteiger partial charge on any atom is 0.231 e. The van der Waals surface area contributed by atoms with E-state index >= 15 is 0 Å². The molecule has 1 unspecified atom stereocenters. The van der Waals surface area contributed by atoms with Crippen molar-refractivity contribution in [2.24, 2.45) is 11.7 Å². The van der Waals surface area contributed by atoms with Crippen molar-refractivity contribution in [2.75, 3.05) is 13.6 Å². The summed E-state index contributed by atoms with van der Waals surface area (Å²) in [6.07, 6.45) is 4.29. The first-order chi connectivity index (χ1) is 8.02. The highest BCUT2D eigenvalue weighted by atomic mass is 32.1. The smallest absolute Gasteiger partial charge is 0.231 e. The second-order valence-corrected chi connectivity index (χ2v) is 4.46. The lowest BCUT2D eigenvalue weighted by atomic mass is 10.1. The van der Waals surface area contributed by atoms with Gasteiger partial charge in [-0.3, -0.25) is 9.78 Å². The van der Waals surface area contributed by atoms with Crippen molar-refractivity contribution >= 4 is 23.1 Å². The maximum absolute atomic E-state index is 11.9. The number of aromatic nitrogens is 1. The van der Waals surface area contributed by atoms with E-state index in [0.717, 1.165) is 12.0 Å². The van der Waals surface area contributed by atoms with Gasteiger partial charge in [-0.15, -0.1) is 0 Å². The second-order valence-electron chi connectivity index (χ2n) is 3.99.